The largest absolute Gasteiger partial charge is 0.478 e. The van der Waals surface area contributed by atoms with Crippen molar-refractivity contribution in [3.8, 4) is 0 Å². The lowest BCUT2D eigenvalue weighted by atomic mass is 9.95. The van der Waals surface area contributed by atoms with Crippen LogP contribution >= 0.6 is 11.3 Å². The van der Waals surface area contributed by atoms with Gasteiger partial charge in [0.25, 0.3) is 11.8 Å². The summed E-state index contributed by atoms with van der Waals surface area (Å²) in [7, 11) is 0. The Morgan fingerprint density at radius 3 is 2.24 bits per heavy atom. The fourth-order valence-electron chi connectivity index (χ4n) is 8.31. The monoisotopic (exact) mass is 768 g/mol. The molecule has 3 N–H and O–H groups in total. The van der Waals surface area contributed by atoms with Crippen LogP contribution in [-0.4, -0.2) is 63.8 Å². The molecule has 2 unspecified atom stereocenters. The van der Waals surface area contributed by atoms with Gasteiger partial charge in [-0.15, -0.1) is 11.3 Å². The average molecular weight is 769 g/mol. The SMILES string of the molecule is CCCCC(=O)N1C2CCC1CN(Cc1cccc(C(=O)Nc3sc4c(c3C(=O)Nc3cc(F)c(CCc5ccc(C(=O)O)cc5)c(F)c3)CCCC4)c1)C2. The lowest BCUT2D eigenvalue weighted by molar-refractivity contribution is -0.137. The summed E-state index contributed by atoms with van der Waals surface area (Å²) in [5, 5.41) is 15.2. The third-order valence-electron chi connectivity index (χ3n) is 11.1. The van der Waals surface area contributed by atoms with Crippen molar-refractivity contribution in [2.45, 2.75) is 96.2 Å². The normalized spacial score (nSPS) is 17.8. The Labute approximate surface area is 323 Å². The lowest BCUT2D eigenvalue weighted by Crippen LogP contribution is -2.55. The van der Waals surface area contributed by atoms with Crippen LogP contribution in [0.25, 0.3) is 0 Å². The van der Waals surface area contributed by atoms with Gasteiger partial charge in [0, 0.05) is 59.8 Å². The maximum Gasteiger partial charge on any atom is 0.335 e. The number of likely N-dealkylation sites (tertiary alicyclic amines) is 1. The lowest BCUT2D eigenvalue weighted by Gasteiger charge is -2.41. The molecule has 2 atom stereocenters. The number of thiophene rings is 1. The summed E-state index contributed by atoms with van der Waals surface area (Å²) >= 11 is 1.37. The Balaban J connectivity index is 1.02. The molecule has 2 saturated heterocycles. The third-order valence-corrected chi connectivity index (χ3v) is 12.3. The van der Waals surface area contributed by atoms with Gasteiger partial charge in [-0.25, -0.2) is 13.6 Å². The van der Waals surface area contributed by atoms with Crippen molar-refractivity contribution in [1.29, 1.82) is 0 Å². The van der Waals surface area contributed by atoms with E-state index in [0.29, 0.717) is 41.9 Å². The van der Waals surface area contributed by atoms with Crippen LogP contribution in [-0.2, 0) is 37.0 Å². The minimum atomic E-state index is -1.05. The number of carbonyl (C=O) groups excluding carboxylic acids is 3. The second-order valence-corrected chi connectivity index (χ2v) is 16.0. The van der Waals surface area contributed by atoms with Gasteiger partial charge in [-0.2, -0.15) is 0 Å². The van der Waals surface area contributed by atoms with Crippen molar-refractivity contribution >= 4 is 45.7 Å². The number of carbonyl (C=O) groups is 4. The van der Waals surface area contributed by atoms with E-state index in [0.717, 1.165) is 91.7 Å². The van der Waals surface area contributed by atoms with E-state index in [9.17, 15) is 19.2 Å². The summed E-state index contributed by atoms with van der Waals surface area (Å²) in [6, 6.07) is 16.3. The van der Waals surface area contributed by atoms with E-state index in [-0.39, 0.29) is 47.1 Å². The number of aryl methyl sites for hydroxylation is 2. The van der Waals surface area contributed by atoms with Gasteiger partial charge in [0.15, 0.2) is 0 Å². The Bertz CT molecular complexity index is 2060. The highest BCUT2D eigenvalue weighted by molar-refractivity contribution is 7.17. The quantitative estimate of drug-likeness (QED) is 0.126. The molecular formula is C43H46F2N4O5S. The van der Waals surface area contributed by atoms with Gasteiger partial charge >= 0.3 is 5.97 Å². The number of halogens is 2. The molecule has 55 heavy (non-hydrogen) atoms. The Morgan fingerprint density at radius 1 is 0.836 bits per heavy atom. The summed E-state index contributed by atoms with van der Waals surface area (Å²) < 4.78 is 30.5. The second kappa shape index (κ2) is 16.8. The van der Waals surface area contributed by atoms with E-state index in [2.05, 4.69) is 27.4 Å². The topological polar surface area (TPSA) is 119 Å². The van der Waals surface area contributed by atoms with E-state index >= 15 is 8.78 Å². The van der Waals surface area contributed by atoms with E-state index in [1.165, 1.54) is 23.5 Å². The number of anilines is 2. The molecule has 3 heterocycles. The molecule has 2 fully saturated rings. The van der Waals surface area contributed by atoms with Gasteiger partial charge in [0.05, 0.1) is 11.1 Å². The number of piperazine rings is 1. The summed E-state index contributed by atoms with van der Waals surface area (Å²) in [6.07, 6.45) is 8.21. The Kier molecular flexibility index (Phi) is 11.7. The van der Waals surface area contributed by atoms with Crippen LogP contribution in [0.3, 0.4) is 0 Å². The highest BCUT2D eigenvalue weighted by Crippen LogP contribution is 2.39. The van der Waals surface area contributed by atoms with Gasteiger partial charge in [0.1, 0.15) is 16.6 Å². The molecule has 12 heteroatoms. The number of benzene rings is 3. The molecule has 3 aliphatic rings. The van der Waals surface area contributed by atoms with Crippen LogP contribution in [0, 0.1) is 11.6 Å². The Morgan fingerprint density at radius 2 is 1.55 bits per heavy atom. The van der Waals surface area contributed by atoms with Crippen molar-refractivity contribution in [2.24, 2.45) is 0 Å². The molecule has 288 valence electrons. The zero-order chi connectivity index (χ0) is 38.6. The summed E-state index contributed by atoms with van der Waals surface area (Å²) in [6.45, 7) is 4.39. The van der Waals surface area contributed by atoms with E-state index in [1.807, 2.05) is 18.2 Å². The zero-order valence-corrected chi connectivity index (χ0v) is 31.8. The molecule has 2 bridgehead atoms. The van der Waals surface area contributed by atoms with Crippen LogP contribution in [0.4, 0.5) is 19.5 Å². The van der Waals surface area contributed by atoms with Crippen LogP contribution in [0.15, 0.2) is 60.7 Å². The Hall–Kier alpha value is -4.94. The molecule has 0 radical (unpaired) electrons. The first-order valence-corrected chi connectivity index (χ1v) is 20.1. The number of rotatable bonds is 13. The van der Waals surface area contributed by atoms with Gasteiger partial charge in [0.2, 0.25) is 5.91 Å². The molecular weight excluding hydrogens is 723 g/mol. The number of carboxylic acids is 1. The number of aromatic carboxylic acids is 1. The van der Waals surface area contributed by atoms with Crippen LogP contribution in [0.2, 0.25) is 0 Å². The van der Waals surface area contributed by atoms with Crippen molar-refractivity contribution in [3.63, 3.8) is 0 Å². The fraction of sp³-hybridized carbons (Fsp3) is 0.395. The van der Waals surface area contributed by atoms with Crippen molar-refractivity contribution in [2.75, 3.05) is 23.7 Å². The van der Waals surface area contributed by atoms with Crippen LogP contribution < -0.4 is 10.6 Å². The summed E-state index contributed by atoms with van der Waals surface area (Å²) in [5.74, 6) is -3.27. The molecule has 0 spiro atoms. The summed E-state index contributed by atoms with van der Waals surface area (Å²) in [5.41, 5.74) is 3.33. The molecule has 2 aliphatic heterocycles. The maximum atomic E-state index is 15.3. The molecule has 4 aromatic rings. The predicted molar refractivity (Wildman–Crippen MR) is 209 cm³/mol. The van der Waals surface area contributed by atoms with Crippen LogP contribution in [0.5, 0.6) is 0 Å². The molecule has 1 aliphatic carbocycles. The van der Waals surface area contributed by atoms with Crippen molar-refractivity contribution < 1.29 is 33.1 Å². The molecule has 7 rings (SSSR count). The number of hydrogen-bond donors (Lipinski definition) is 3. The molecule has 9 nitrogen and oxygen atoms in total. The number of carboxylic acid groups (broad SMARTS) is 1. The van der Waals surface area contributed by atoms with E-state index < -0.39 is 23.5 Å². The molecule has 3 aromatic carbocycles. The second-order valence-electron chi connectivity index (χ2n) is 14.9. The highest BCUT2D eigenvalue weighted by Gasteiger charge is 2.42. The van der Waals surface area contributed by atoms with E-state index in [1.54, 1.807) is 18.2 Å². The van der Waals surface area contributed by atoms with Crippen molar-refractivity contribution in [1.82, 2.24) is 9.80 Å². The van der Waals surface area contributed by atoms with Crippen LogP contribution in [0.1, 0.15) is 110 Å². The zero-order valence-electron chi connectivity index (χ0n) is 31.0. The smallest absolute Gasteiger partial charge is 0.335 e. The molecule has 3 amide bonds. The first-order valence-electron chi connectivity index (χ1n) is 19.3. The third kappa shape index (κ3) is 8.65. The van der Waals surface area contributed by atoms with Gasteiger partial charge in [-0.1, -0.05) is 37.6 Å². The van der Waals surface area contributed by atoms with Crippen molar-refractivity contribution in [3.05, 3.63) is 116 Å². The highest BCUT2D eigenvalue weighted by atomic mass is 32.1. The fourth-order valence-corrected chi connectivity index (χ4v) is 9.59. The number of nitrogens with one attached hydrogen (secondary N) is 2. The first kappa shape index (κ1) is 38.3. The minimum absolute atomic E-state index is 0.0325. The number of nitrogens with zero attached hydrogens (tertiary/aromatic N) is 2. The number of hydrogen-bond acceptors (Lipinski definition) is 6. The summed E-state index contributed by atoms with van der Waals surface area (Å²) in [4.78, 5) is 57.1. The molecule has 0 saturated carbocycles. The van der Waals surface area contributed by atoms with E-state index in [4.69, 9.17) is 5.11 Å². The first-order chi connectivity index (χ1) is 26.6. The number of amides is 3. The predicted octanol–water partition coefficient (Wildman–Crippen LogP) is 8.26. The van der Waals surface area contributed by atoms with Gasteiger partial charge in [-0.05, 0) is 111 Å². The standard InChI is InChI=1S/C43H46F2N4O5S/c1-2-3-11-38(50)49-31-17-18-32(49)25-48(24-31)23-27-7-6-8-29(20-27)40(51)47-42-39(34-9-4-5-10-37(34)55-42)41(52)46-30-21-35(44)33(36(45)22-30)19-14-26-12-15-28(16-13-26)43(53)54/h6-8,12-13,15-16,20-22,31-32H,2-5,9-11,14,17-19,23-25H2,1H3,(H,46,52)(H,47,51)(H,53,54). The maximum absolute atomic E-state index is 15.3. The molecule has 1 aromatic heterocycles. The van der Waals surface area contributed by atoms with Gasteiger partial charge < -0.3 is 20.6 Å². The minimum Gasteiger partial charge on any atom is -0.478 e. The average Bonchev–Trinajstić information content (AvgIpc) is 3.67. The number of fused-ring (bicyclic) bond motifs is 3. The van der Waals surface area contributed by atoms with Gasteiger partial charge in [-0.3, -0.25) is 19.3 Å². The number of unbranched alkanes of at least 4 members (excludes halogenated alkanes) is 1.